The summed E-state index contributed by atoms with van der Waals surface area (Å²) < 4.78 is 62.8. The van der Waals surface area contributed by atoms with Gasteiger partial charge in [-0.15, -0.1) is 0 Å². The van der Waals surface area contributed by atoms with E-state index in [1.165, 1.54) is 12.1 Å². The topological polar surface area (TPSA) is 46.2 Å². The first-order valence-corrected chi connectivity index (χ1v) is 7.96. The zero-order valence-corrected chi connectivity index (χ0v) is 12.2. The molecule has 0 saturated carbocycles. The minimum atomic E-state index is -4.68. The van der Waals surface area contributed by atoms with Crippen molar-refractivity contribution in [2.45, 2.75) is 37.4 Å². The average molecular weight is 309 g/mol. The smallest absolute Gasteiger partial charge is 0.313 e. The lowest BCUT2D eigenvalue weighted by molar-refractivity contribution is -0.139. The Balaban J connectivity index is 3.05. The van der Waals surface area contributed by atoms with Gasteiger partial charge in [-0.3, -0.25) is 0 Å². The van der Waals surface area contributed by atoms with Crippen LogP contribution in [0.15, 0.2) is 29.2 Å². The Morgan fingerprint density at radius 3 is 2.40 bits per heavy atom. The van der Waals surface area contributed by atoms with Crippen molar-refractivity contribution in [1.82, 2.24) is 5.32 Å². The van der Waals surface area contributed by atoms with Crippen molar-refractivity contribution < 1.29 is 21.6 Å². The highest BCUT2D eigenvalue weighted by Crippen LogP contribution is 2.34. The molecule has 20 heavy (non-hydrogen) atoms. The van der Waals surface area contributed by atoms with Gasteiger partial charge < -0.3 is 5.32 Å². The molecule has 7 heteroatoms. The molecule has 0 saturated heterocycles. The molecule has 1 aromatic carbocycles. The van der Waals surface area contributed by atoms with E-state index < -0.39 is 32.5 Å². The van der Waals surface area contributed by atoms with Gasteiger partial charge in [0.25, 0.3) is 0 Å². The van der Waals surface area contributed by atoms with Crippen molar-refractivity contribution >= 4 is 9.84 Å². The van der Waals surface area contributed by atoms with Crippen LogP contribution in [0, 0.1) is 0 Å². The van der Waals surface area contributed by atoms with Gasteiger partial charge in [0.15, 0.2) is 9.84 Å². The van der Waals surface area contributed by atoms with Crippen molar-refractivity contribution in [3.8, 4) is 0 Å². The second kappa shape index (κ2) is 6.58. The average Bonchev–Trinajstić information content (AvgIpc) is 2.35. The van der Waals surface area contributed by atoms with Gasteiger partial charge in [-0.25, -0.2) is 8.42 Å². The van der Waals surface area contributed by atoms with Gasteiger partial charge in [-0.2, -0.15) is 13.2 Å². The molecule has 0 bridgehead atoms. The van der Waals surface area contributed by atoms with E-state index in [0.717, 1.165) is 18.6 Å². The fourth-order valence-corrected chi connectivity index (χ4v) is 3.60. The molecule has 0 aliphatic rings. The summed E-state index contributed by atoms with van der Waals surface area (Å²) >= 11 is 0. The van der Waals surface area contributed by atoms with E-state index in [-0.39, 0.29) is 5.75 Å². The lowest BCUT2D eigenvalue weighted by atomic mass is 10.2. The molecule has 0 amide bonds. The largest absolute Gasteiger partial charge is 0.417 e. The lowest BCUT2D eigenvalue weighted by Crippen LogP contribution is -2.34. The number of benzene rings is 1. The van der Waals surface area contributed by atoms with Gasteiger partial charge in [0.2, 0.25) is 0 Å². The van der Waals surface area contributed by atoms with E-state index in [9.17, 15) is 21.6 Å². The zero-order valence-electron chi connectivity index (χ0n) is 11.4. The van der Waals surface area contributed by atoms with Crippen LogP contribution < -0.4 is 5.32 Å². The van der Waals surface area contributed by atoms with Crippen molar-refractivity contribution in [1.29, 1.82) is 0 Å². The molecule has 3 nitrogen and oxygen atoms in total. The molecule has 0 spiro atoms. The Morgan fingerprint density at radius 1 is 1.25 bits per heavy atom. The second-order valence-corrected chi connectivity index (χ2v) is 6.63. The minimum Gasteiger partial charge on any atom is -0.313 e. The van der Waals surface area contributed by atoms with E-state index >= 15 is 0 Å². The summed E-state index contributed by atoms with van der Waals surface area (Å²) in [6, 6.07) is 3.87. The molecule has 1 unspecified atom stereocenters. The first-order chi connectivity index (χ1) is 9.18. The van der Waals surface area contributed by atoms with Crippen LogP contribution in [0.3, 0.4) is 0 Å². The molecule has 1 N–H and O–H groups in total. The predicted octanol–water partition coefficient (Wildman–Crippen LogP) is 2.87. The third-order valence-electron chi connectivity index (χ3n) is 2.74. The van der Waals surface area contributed by atoms with E-state index in [1.54, 1.807) is 6.92 Å². The van der Waals surface area contributed by atoms with E-state index in [4.69, 9.17) is 0 Å². The maximum Gasteiger partial charge on any atom is 0.417 e. The fraction of sp³-hybridized carbons (Fsp3) is 0.538. The number of sulfone groups is 1. The quantitative estimate of drug-likeness (QED) is 0.879. The molecule has 114 valence electrons. The standard InChI is InChI=1S/C13H18F3NO2S/c1-3-8-17-10(2)9-20(18,19)12-7-5-4-6-11(12)13(14,15)16/h4-7,10,17H,3,8-9H2,1-2H3. The molecule has 1 atom stereocenters. The minimum absolute atomic E-state index is 0.361. The molecule has 0 heterocycles. The fourth-order valence-electron chi connectivity index (χ4n) is 1.84. The summed E-state index contributed by atoms with van der Waals surface area (Å²) in [6.45, 7) is 4.19. The number of hydrogen-bond acceptors (Lipinski definition) is 3. The third kappa shape index (κ3) is 4.49. The molecular weight excluding hydrogens is 291 g/mol. The van der Waals surface area contributed by atoms with Crippen LogP contribution >= 0.6 is 0 Å². The molecule has 0 radical (unpaired) electrons. The molecule has 0 fully saturated rings. The molecule has 0 aliphatic carbocycles. The van der Waals surface area contributed by atoms with Crippen LogP contribution in [0.2, 0.25) is 0 Å². The Hall–Kier alpha value is -1.08. The van der Waals surface area contributed by atoms with Crippen LogP contribution in [-0.2, 0) is 16.0 Å². The van der Waals surface area contributed by atoms with Gasteiger partial charge >= 0.3 is 6.18 Å². The summed E-state index contributed by atoms with van der Waals surface area (Å²) in [5.74, 6) is -0.361. The van der Waals surface area contributed by atoms with Gasteiger partial charge in [0.1, 0.15) is 0 Å². The Morgan fingerprint density at radius 2 is 1.85 bits per heavy atom. The number of halogens is 3. The molecule has 0 aromatic heterocycles. The SMILES string of the molecule is CCCNC(C)CS(=O)(=O)c1ccccc1C(F)(F)F. The lowest BCUT2D eigenvalue weighted by Gasteiger charge is -2.16. The van der Waals surface area contributed by atoms with Crippen molar-refractivity contribution in [2.24, 2.45) is 0 Å². The summed E-state index contributed by atoms with van der Waals surface area (Å²) in [5, 5.41) is 2.96. The number of nitrogens with one attached hydrogen (secondary N) is 1. The van der Waals surface area contributed by atoms with Crippen LogP contribution in [0.4, 0.5) is 13.2 Å². The van der Waals surface area contributed by atoms with Crippen LogP contribution in [0.1, 0.15) is 25.8 Å². The summed E-state index contributed by atoms with van der Waals surface area (Å²) in [7, 11) is -3.99. The van der Waals surface area contributed by atoms with Gasteiger partial charge in [0.05, 0.1) is 16.2 Å². The number of rotatable bonds is 6. The van der Waals surface area contributed by atoms with E-state index in [0.29, 0.717) is 6.54 Å². The third-order valence-corrected chi connectivity index (χ3v) is 4.70. The highest BCUT2D eigenvalue weighted by Gasteiger charge is 2.37. The first kappa shape index (κ1) is 17.0. The van der Waals surface area contributed by atoms with Crippen LogP contribution in [0.25, 0.3) is 0 Å². The van der Waals surface area contributed by atoms with Crippen molar-refractivity contribution in [3.05, 3.63) is 29.8 Å². The van der Waals surface area contributed by atoms with E-state index in [2.05, 4.69) is 5.32 Å². The Bertz CT molecular complexity index is 541. The maximum atomic E-state index is 12.8. The second-order valence-electron chi connectivity index (χ2n) is 4.63. The normalized spacial score (nSPS) is 14.2. The highest BCUT2D eigenvalue weighted by molar-refractivity contribution is 7.91. The predicted molar refractivity (Wildman–Crippen MR) is 71.3 cm³/mol. The molecule has 1 aromatic rings. The first-order valence-electron chi connectivity index (χ1n) is 6.31. The van der Waals surface area contributed by atoms with Gasteiger partial charge in [-0.1, -0.05) is 19.1 Å². The summed E-state index contributed by atoms with van der Waals surface area (Å²) in [4.78, 5) is -0.655. The number of hydrogen-bond donors (Lipinski definition) is 1. The van der Waals surface area contributed by atoms with Crippen molar-refractivity contribution in [2.75, 3.05) is 12.3 Å². The molecule has 1 rings (SSSR count). The van der Waals surface area contributed by atoms with Gasteiger partial charge in [-0.05, 0) is 32.0 Å². The number of alkyl halides is 3. The highest BCUT2D eigenvalue weighted by atomic mass is 32.2. The Kier molecular flexibility index (Phi) is 5.59. The summed E-state index contributed by atoms with van der Waals surface area (Å²) in [6.07, 6.45) is -3.85. The van der Waals surface area contributed by atoms with E-state index in [1.807, 2.05) is 6.92 Å². The molecular formula is C13H18F3NO2S. The van der Waals surface area contributed by atoms with Gasteiger partial charge in [0, 0.05) is 6.04 Å². The maximum absolute atomic E-state index is 12.8. The van der Waals surface area contributed by atoms with Crippen LogP contribution in [-0.4, -0.2) is 26.8 Å². The molecule has 0 aliphatic heterocycles. The van der Waals surface area contributed by atoms with Crippen LogP contribution in [0.5, 0.6) is 0 Å². The monoisotopic (exact) mass is 309 g/mol. The Labute approximate surface area is 117 Å². The summed E-state index contributed by atoms with van der Waals surface area (Å²) in [5.41, 5.74) is -1.11. The van der Waals surface area contributed by atoms with Crippen molar-refractivity contribution in [3.63, 3.8) is 0 Å². The zero-order chi connectivity index (χ0) is 15.4.